The van der Waals surface area contributed by atoms with Gasteiger partial charge >= 0.3 is 0 Å². The molecule has 22 heavy (non-hydrogen) atoms. The summed E-state index contributed by atoms with van der Waals surface area (Å²) < 4.78 is 14.5. The maximum absolute atomic E-state index is 14.5. The molecule has 2 heterocycles. The Morgan fingerprint density at radius 1 is 1.23 bits per heavy atom. The molecule has 1 N–H and O–H groups in total. The number of carbonyl (C=O) groups excluding carboxylic acids is 1. The molecule has 0 unspecified atom stereocenters. The van der Waals surface area contributed by atoms with Crippen molar-refractivity contribution in [3.63, 3.8) is 0 Å². The Kier molecular flexibility index (Phi) is 2.92. The molecular weight excluding hydrogens is 281 g/mol. The summed E-state index contributed by atoms with van der Waals surface area (Å²) in [6, 6.07) is 10.8. The van der Waals surface area contributed by atoms with Gasteiger partial charge in [0.25, 0.3) is 0 Å². The first-order valence-electron chi connectivity index (χ1n) is 7.26. The molecule has 2 aromatic carbocycles. The Morgan fingerprint density at radius 2 is 2.14 bits per heavy atom. The Morgan fingerprint density at radius 3 is 2.91 bits per heavy atom. The van der Waals surface area contributed by atoms with Crippen molar-refractivity contribution >= 4 is 22.5 Å². The third kappa shape index (κ3) is 1.97. The van der Waals surface area contributed by atoms with Gasteiger partial charge in [-0.15, -0.1) is 0 Å². The molecule has 0 atom stereocenters. The lowest BCUT2D eigenvalue weighted by Crippen LogP contribution is -2.24. The van der Waals surface area contributed by atoms with E-state index < -0.39 is 0 Å². The highest BCUT2D eigenvalue weighted by Gasteiger charge is 2.24. The van der Waals surface area contributed by atoms with E-state index >= 15 is 0 Å². The third-order valence-corrected chi connectivity index (χ3v) is 4.11. The standard InChI is InChI=1S/C17H14FN3O/c18-14-9-11(6-7-16(14)21-8-2-5-17(21)22)12-3-1-4-15-13(12)10-19-20-15/h1,3-4,6-7,9-10H,2,5,8H2,(H,19,20). The highest BCUT2D eigenvalue weighted by molar-refractivity contribution is 5.97. The molecule has 0 bridgehead atoms. The molecule has 3 aromatic rings. The molecular formula is C17H14FN3O. The van der Waals surface area contributed by atoms with Gasteiger partial charge in [-0.25, -0.2) is 4.39 Å². The molecule has 1 aliphatic heterocycles. The second kappa shape index (κ2) is 4.94. The van der Waals surface area contributed by atoms with Crippen molar-refractivity contribution in [2.45, 2.75) is 12.8 Å². The number of benzene rings is 2. The minimum atomic E-state index is -0.367. The second-order valence-corrected chi connectivity index (χ2v) is 5.45. The van der Waals surface area contributed by atoms with Crippen LogP contribution in [0.15, 0.2) is 42.6 Å². The number of nitrogens with zero attached hydrogens (tertiary/aromatic N) is 2. The summed E-state index contributed by atoms with van der Waals surface area (Å²) in [5, 5.41) is 7.89. The van der Waals surface area contributed by atoms with Gasteiger partial charge in [0.05, 0.1) is 17.4 Å². The molecule has 1 amide bonds. The summed E-state index contributed by atoms with van der Waals surface area (Å²) in [5.41, 5.74) is 2.98. The van der Waals surface area contributed by atoms with E-state index in [2.05, 4.69) is 10.2 Å². The highest BCUT2D eigenvalue weighted by Crippen LogP contribution is 2.32. The minimum absolute atomic E-state index is 0.0106. The Labute approximate surface area is 126 Å². The summed E-state index contributed by atoms with van der Waals surface area (Å²) >= 11 is 0. The van der Waals surface area contributed by atoms with E-state index in [1.807, 2.05) is 24.3 Å². The van der Waals surface area contributed by atoms with Crippen LogP contribution >= 0.6 is 0 Å². The lowest BCUT2D eigenvalue weighted by molar-refractivity contribution is -0.117. The third-order valence-electron chi connectivity index (χ3n) is 4.11. The van der Waals surface area contributed by atoms with Crippen molar-refractivity contribution in [1.82, 2.24) is 10.2 Å². The van der Waals surface area contributed by atoms with Crippen LogP contribution in [0.3, 0.4) is 0 Å². The SMILES string of the molecule is O=C1CCCN1c1ccc(-c2cccc3[nH]ncc23)cc1F. The number of amides is 1. The lowest BCUT2D eigenvalue weighted by atomic mass is 10.0. The molecule has 1 fully saturated rings. The number of rotatable bonds is 2. The van der Waals surface area contributed by atoms with Gasteiger partial charge in [-0.3, -0.25) is 9.89 Å². The fourth-order valence-corrected chi connectivity index (χ4v) is 3.02. The van der Waals surface area contributed by atoms with Crippen molar-refractivity contribution in [2.75, 3.05) is 11.4 Å². The van der Waals surface area contributed by atoms with Crippen LogP contribution in [0.4, 0.5) is 10.1 Å². The van der Waals surface area contributed by atoms with Gasteiger partial charge in [0.15, 0.2) is 0 Å². The first-order chi connectivity index (χ1) is 10.7. The number of aromatic nitrogens is 2. The van der Waals surface area contributed by atoms with Crippen LogP contribution in [0.25, 0.3) is 22.0 Å². The number of fused-ring (bicyclic) bond motifs is 1. The van der Waals surface area contributed by atoms with Gasteiger partial charge in [-0.05, 0) is 35.7 Å². The zero-order valence-corrected chi connectivity index (χ0v) is 11.8. The first kappa shape index (κ1) is 13.0. The van der Waals surface area contributed by atoms with Crippen LogP contribution in [-0.2, 0) is 4.79 Å². The number of nitrogens with one attached hydrogen (secondary N) is 1. The van der Waals surface area contributed by atoms with E-state index in [4.69, 9.17) is 0 Å². The van der Waals surface area contributed by atoms with E-state index in [1.54, 1.807) is 12.3 Å². The average Bonchev–Trinajstić information content (AvgIpc) is 3.15. The maximum Gasteiger partial charge on any atom is 0.227 e. The van der Waals surface area contributed by atoms with Crippen LogP contribution in [0, 0.1) is 5.82 Å². The zero-order chi connectivity index (χ0) is 15.1. The van der Waals surface area contributed by atoms with Gasteiger partial charge in [0, 0.05) is 18.4 Å². The van der Waals surface area contributed by atoms with Gasteiger partial charge in [-0.1, -0.05) is 18.2 Å². The number of hydrogen-bond donors (Lipinski definition) is 1. The van der Waals surface area contributed by atoms with Crippen molar-refractivity contribution in [2.24, 2.45) is 0 Å². The lowest BCUT2D eigenvalue weighted by Gasteiger charge is -2.17. The van der Waals surface area contributed by atoms with E-state index in [-0.39, 0.29) is 11.7 Å². The molecule has 4 rings (SSSR count). The van der Waals surface area contributed by atoms with Gasteiger partial charge in [0.1, 0.15) is 5.82 Å². The monoisotopic (exact) mass is 295 g/mol. The topological polar surface area (TPSA) is 49.0 Å². The number of hydrogen-bond acceptors (Lipinski definition) is 2. The number of halogens is 1. The summed E-state index contributed by atoms with van der Waals surface area (Å²) in [4.78, 5) is 13.3. The molecule has 1 aromatic heterocycles. The Balaban J connectivity index is 1.79. The predicted molar refractivity (Wildman–Crippen MR) is 83.1 cm³/mol. The molecule has 0 radical (unpaired) electrons. The summed E-state index contributed by atoms with van der Waals surface area (Å²) in [6.45, 7) is 0.590. The van der Waals surface area contributed by atoms with Gasteiger partial charge < -0.3 is 4.90 Å². The number of anilines is 1. The van der Waals surface area contributed by atoms with Crippen LogP contribution in [0.1, 0.15) is 12.8 Å². The molecule has 110 valence electrons. The molecule has 5 heteroatoms. The molecule has 0 spiro atoms. The van der Waals surface area contributed by atoms with Crippen molar-refractivity contribution in [1.29, 1.82) is 0 Å². The first-order valence-corrected chi connectivity index (χ1v) is 7.26. The fourth-order valence-electron chi connectivity index (χ4n) is 3.02. The number of aromatic amines is 1. The van der Waals surface area contributed by atoms with E-state index in [0.29, 0.717) is 18.7 Å². The summed E-state index contributed by atoms with van der Waals surface area (Å²) in [5.74, 6) is -0.378. The van der Waals surface area contributed by atoms with E-state index in [9.17, 15) is 9.18 Å². The van der Waals surface area contributed by atoms with Gasteiger partial charge in [-0.2, -0.15) is 5.10 Å². The Bertz CT molecular complexity index is 871. The zero-order valence-electron chi connectivity index (χ0n) is 11.8. The maximum atomic E-state index is 14.5. The summed E-state index contributed by atoms with van der Waals surface area (Å²) in [6.07, 6.45) is 3.02. The van der Waals surface area contributed by atoms with Crippen molar-refractivity contribution in [3.05, 3.63) is 48.4 Å². The van der Waals surface area contributed by atoms with Crippen LogP contribution in [0.2, 0.25) is 0 Å². The van der Waals surface area contributed by atoms with Crippen LogP contribution < -0.4 is 4.90 Å². The molecule has 1 saturated heterocycles. The van der Waals surface area contributed by atoms with Crippen LogP contribution in [0.5, 0.6) is 0 Å². The van der Waals surface area contributed by atoms with Crippen molar-refractivity contribution in [3.8, 4) is 11.1 Å². The smallest absolute Gasteiger partial charge is 0.227 e. The molecule has 1 aliphatic rings. The highest BCUT2D eigenvalue weighted by atomic mass is 19.1. The quantitative estimate of drug-likeness (QED) is 0.786. The second-order valence-electron chi connectivity index (χ2n) is 5.45. The van der Waals surface area contributed by atoms with E-state index in [1.165, 1.54) is 11.0 Å². The minimum Gasteiger partial charge on any atom is -0.310 e. The Hall–Kier alpha value is -2.69. The van der Waals surface area contributed by atoms with E-state index in [0.717, 1.165) is 28.5 Å². The molecule has 0 saturated carbocycles. The largest absolute Gasteiger partial charge is 0.310 e. The fraction of sp³-hybridized carbons (Fsp3) is 0.176. The number of H-pyrrole nitrogens is 1. The predicted octanol–water partition coefficient (Wildman–Crippen LogP) is 3.50. The van der Waals surface area contributed by atoms with Gasteiger partial charge in [0.2, 0.25) is 5.91 Å². The van der Waals surface area contributed by atoms with Crippen LogP contribution in [-0.4, -0.2) is 22.6 Å². The normalized spacial score (nSPS) is 15.0. The van der Waals surface area contributed by atoms with Crippen molar-refractivity contribution < 1.29 is 9.18 Å². The molecule has 0 aliphatic carbocycles. The molecule has 4 nitrogen and oxygen atoms in total. The average molecular weight is 295 g/mol. The number of carbonyl (C=O) groups is 1. The summed E-state index contributed by atoms with van der Waals surface area (Å²) in [7, 11) is 0.